The van der Waals surface area contributed by atoms with Crippen LogP contribution in [-0.4, -0.2) is 53.1 Å². The maximum Gasteiger partial charge on any atom is 0.257 e. The van der Waals surface area contributed by atoms with Crippen molar-refractivity contribution in [1.29, 1.82) is 0 Å². The predicted octanol–water partition coefficient (Wildman–Crippen LogP) is 3.19. The maximum absolute atomic E-state index is 12.9. The molecule has 1 fully saturated rings. The van der Waals surface area contributed by atoms with Crippen molar-refractivity contribution < 1.29 is 14.3 Å². The average Bonchev–Trinajstić information content (AvgIpc) is 3.28. The fourth-order valence-corrected chi connectivity index (χ4v) is 3.70. The minimum absolute atomic E-state index is 0.0629. The minimum atomic E-state index is -0.0629. The SMILES string of the molecule is COc1cccc(C2CCN(C(=O)c3cnc(-c4cccnc4)nc3)C2)c1OC. The van der Waals surface area contributed by atoms with Crippen molar-refractivity contribution in [1.82, 2.24) is 19.9 Å². The Morgan fingerprint density at radius 3 is 2.59 bits per heavy atom. The number of rotatable bonds is 5. The number of carbonyl (C=O) groups is 1. The molecular formula is C22H22N4O3. The number of para-hydroxylation sites is 1. The van der Waals surface area contributed by atoms with E-state index in [2.05, 4.69) is 15.0 Å². The van der Waals surface area contributed by atoms with Crippen molar-refractivity contribution in [2.75, 3.05) is 27.3 Å². The topological polar surface area (TPSA) is 77.4 Å². The summed E-state index contributed by atoms with van der Waals surface area (Å²) >= 11 is 0. The van der Waals surface area contributed by atoms with Crippen LogP contribution in [0.4, 0.5) is 0 Å². The predicted molar refractivity (Wildman–Crippen MR) is 108 cm³/mol. The van der Waals surface area contributed by atoms with E-state index in [1.165, 1.54) is 0 Å². The zero-order valence-corrected chi connectivity index (χ0v) is 16.4. The van der Waals surface area contributed by atoms with Gasteiger partial charge >= 0.3 is 0 Å². The van der Waals surface area contributed by atoms with Gasteiger partial charge in [0.2, 0.25) is 0 Å². The van der Waals surface area contributed by atoms with Crippen LogP contribution in [0.1, 0.15) is 28.3 Å². The lowest BCUT2D eigenvalue weighted by atomic mass is 9.97. The number of hydrogen-bond donors (Lipinski definition) is 0. The first-order chi connectivity index (χ1) is 14.2. The standard InChI is InChI=1S/C22H22N4O3/c1-28-19-7-3-6-18(20(19)29-2)16-8-10-26(14-16)22(27)17-12-24-21(25-13-17)15-5-4-9-23-11-15/h3-7,9,11-13,16H,8,10,14H2,1-2H3. The molecule has 1 aromatic carbocycles. The second-order valence-corrected chi connectivity index (χ2v) is 6.86. The highest BCUT2D eigenvalue weighted by atomic mass is 16.5. The quantitative estimate of drug-likeness (QED) is 0.666. The summed E-state index contributed by atoms with van der Waals surface area (Å²) in [5.41, 5.74) is 2.36. The van der Waals surface area contributed by atoms with Gasteiger partial charge in [0.15, 0.2) is 17.3 Å². The van der Waals surface area contributed by atoms with E-state index in [0.29, 0.717) is 30.2 Å². The molecule has 1 aliphatic heterocycles. The molecule has 3 aromatic rings. The summed E-state index contributed by atoms with van der Waals surface area (Å²) < 4.78 is 11.0. The van der Waals surface area contributed by atoms with Gasteiger partial charge in [-0.25, -0.2) is 9.97 Å². The van der Waals surface area contributed by atoms with Gasteiger partial charge in [-0.15, -0.1) is 0 Å². The van der Waals surface area contributed by atoms with Crippen LogP contribution in [0.3, 0.4) is 0 Å². The molecule has 7 nitrogen and oxygen atoms in total. The number of carbonyl (C=O) groups excluding carboxylic acids is 1. The minimum Gasteiger partial charge on any atom is -0.493 e. The van der Waals surface area contributed by atoms with Gasteiger partial charge in [-0.1, -0.05) is 12.1 Å². The number of benzene rings is 1. The van der Waals surface area contributed by atoms with Gasteiger partial charge in [0.05, 0.1) is 19.8 Å². The molecule has 1 aliphatic rings. The summed E-state index contributed by atoms with van der Waals surface area (Å²) in [5, 5.41) is 0. The number of aromatic nitrogens is 3. The first-order valence-electron chi connectivity index (χ1n) is 9.44. The summed E-state index contributed by atoms with van der Waals surface area (Å²) in [7, 11) is 3.27. The third kappa shape index (κ3) is 3.76. The van der Waals surface area contributed by atoms with Crippen LogP contribution >= 0.6 is 0 Å². The summed E-state index contributed by atoms with van der Waals surface area (Å²) in [4.78, 5) is 27.5. The van der Waals surface area contributed by atoms with Crippen LogP contribution < -0.4 is 9.47 Å². The molecule has 1 amide bonds. The number of likely N-dealkylation sites (tertiary alicyclic amines) is 1. The normalized spacial score (nSPS) is 15.9. The number of amides is 1. The molecule has 7 heteroatoms. The number of hydrogen-bond acceptors (Lipinski definition) is 6. The Hall–Kier alpha value is -3.48. The zero-order chi connectivity index (χ0) is 20.2. The van der Waals surface area contributed by atoms with Gasteiger partial charge in [-0.2, -0.15) is 0 Å². The molecule has 1 unspecified atom stereocenters. The molecule has 1 atom stereocenters. The fourth-order valence-electron chi connectivity index (χ4n) is 3.70. The number of pyridine rings is 1. The highest BCUT2D eigenvalue weighted by Crippen LogP contribution is 2.39. The second-order valence-electron chi connectivity index (χ2n) is 6.86. The first kappa shape index (κ1) is 18.9. The Kier molecular flexibility index (Phi) is 5.37. The molecular weight excluding hydrogens is 368 g/mol. The molecule has 0 N–H and O–H groups in total. The summed E-state index contributed by atoms with van der Waals surface area (Å²) in [6.45, 7) is 1.29. The van der Waals surface area contributed by atoms with Gasteiger partial charge in [0.25, 0.3) is 5.91 Å². The largest absolute Gasteiger partial charge is 0.493 e. The van der Waals surface area contributed by atoms with E-state index >= 15 is 0 Å². The molecule has 3 heterocycles. The molecule has 0 radical (unpaired) electrons. The molecule has 29 heavy (non-hydrogen) atoms. The van der Waals surface area contributed by atoms with Crippen molar-refractivity contribution in [3.63, 3.8) is 0 Å². The van der Waals surface area contributed by atoms with Crippen molar-refractivity contribution >= 4 is 5.91 Å². The lowest BCUT2D eigenvalue weighted by Crippen LogP contribution is -2.28. The van der Waals surface area contributed by atoms with Gasteiger partial charge in [0, 0.05) is 54.9 Å². The average molecular weight is 390 g/mol. The Labute approximate surface area is 169 Å². The van der Waals surface area contributed by atoms with Gasteiger partial charge in [-0.3, -0.25) is 9.78 Å². The summed E-state index contributed by atoms with van der Waals surface area (Å²) in [6.07, 6.45) is 7.42. The smallest absolute Gasteiger partial charge is 0.257 e. The second kappa shape index (κ2) is 8.26. The summed E-state index contributed by atoms with van der Waals surface area (Å²) in [6, 6.07) is 9.57. The molecule has 2 aromatic heterocycles. The van der Waals surface area contributed by atoms with Crippen LogP contribution in [0.5, 0.6) is 11.5 Å². The Morgan fingerprint density at radius 1 is 1.07 bits per heavy atom. The van der Waals surface area contributed by atoms with Gasteiger partial charge < -0.3 is 14.4 Å². The van der Waals surface area contributed by atoms with Crippen LogP contribution in [0.2, 0.25) is 0 Å². The van der Waals surface area contributed by atoms with Crippen LogP contribution in [0, 0.1) is 0 Å². The lowest BCUT2D eigenvalue weighted by molar-refractivity contribution is 0.0790. The lowest BCUT2D eigenvalue weighted by Gasteiger charge is -2.19. The Morgan fingerprint density at radius 2 is 1.90 bits per heavy atom. The van der Waals surface area contributed by atoms with Crippen LogP contribution in [0.15, 0.2) is 55.1 Å². The number of methoxy groups -OCH3 is 2. The van der Waals surface area contributed by atoms with Crippen molar-refractivity contribution in [3.8, 4) is 22.9 Å². The highest BCUT2D eigenvalue weighted by molar-refractivity contribution is 5.94. The highest BCUT2D eigenvalue weighted by Gasteiger charge is 2.30. The van der Waals surface area contributed by atoms with E-state index < -0.39 is 0 Å². The molecule has 1 saturated heterocycles. The molecule has 0 saturated carbocycles. The van der Waals surface area contributed by atoms with E-state index in [-0.39, 0.29) is 11.8 Å². The summed E-state index contributed by atoms with van der Waals surface area (Å²) in [5.74, 6) is 2.12. The monoisotopic (exact) mass is 390 g/mol. The van der Waals surface area contributed by atoms with E-state index in [9.17, 15) is 4.79 Å². The van der Waals surface area contributed by atoms with Crippen molar-refractivity contribution in [2.45, 2.75) is 12.3 Å². The third-order valence-corrected chi connectivity index (χ3v) is 5.17. The number of ether oxygens (including phenoxy) is 2. The van der Waals surface area contributed by atoms with Crippen LogP contribution in [-0.2, 0) is 0 Å². The molecule has 0 bridgehead atoms. The first-order valence-corrected chi connectivity index (χ1v) is 9.44. The van der Waals surface area contributed by atoms with Gasteiger partial charge in [0.1, 0.15) is 0 Å². The maximum atomic E-state index is 12.9. The Bertz CT molecular complexity index is 993. The number of nitrogens with zero attached hydrogens (tertiary/aromatic N) is 4. The molecule has 0 spiro atoms. The van der Waals surface area contributed by atoms with Gasteiger partial charge in [-0.05, 0) is 24.6 Å². The van der Waals surface area contributed by atoms with Crippen molar-refractivity contribution in [2.24, 2.45) is 0 Å². The van der Waals surface area contributed by atoms with Crippen LogP contribution in [0.25, 0.3) is 11.4 Å². The van der Waals surface area contributed by atoms with E-state index in [0.717, 1.165) is 23.3 Å². The third-order valence-electron chi connectivity index (χ3n) is 5.17. The van der Waals surface area contributed by atoms with E-state index in [4.69, 9.17) is 9.47 Å². The molecule has 148 valence electrons. The molecule has 0 aliphatic carbocycles. The Balaban J connectivity index is 1.49. The van der Waals surface area contributed by atoms with Crippen molar-refractivity contribution in [3.05, 3.63) is 66.2 Å². The molecule has 4 rings (SSSR count). The fraction of sp³-hybridized carbons (Fsp3) is 0.273. The zero-order valence-electron chi connectivity index (χ0n) is 16.4. The van der Waals surface area contributed by atoms with E-state index in [1.54, 1.807) is 39.0 Å². The van der Waals surface area contributed by atoms with E-state index in [1.807, 2.05) is 35.2 Å².